The molecule has 158 valence electrons. The predicted octanol–water partition coefficient (Wildman–Crippen LogP) is 2.60. The van der Waals surface area contributed by atoms with Crippen LogP contribution in [0.25, 0.3) is 0 Å². The van der Waals surface area contributed by atoms with Gasteiger partial charge in [0.25, 0.3) is 5.91 Å². The van der Waals surface area contributed by atoms with E-state index in [9.17, 15) is 26.4 Å². The predicted molar refractivity (Wildman–Crippen MR) is 101 cm³/mol. The average Bonchev–Trinajstić information content (AvgIpc) is 2.68. The van der Waals surface area contributed by atoms with Gasteiger partial charge in [0.05, 0.1) is 17.1 Å². The molecule has 0 bridgehead atoms. The van der Waals surface area contributed by atoms with Gasteiger partial charge in [0.1, 0.15) is 0 Å². The van der Waals surface area contributed by atoms with E-state index in [1.807, 2.05) is 0 Å². The Morgan fingerprint density at radius 1 is 1.00 bits per heavy atom. The molecular weight excluding hydrogens is 409 g/mol. The first-order valence-electron chi connectivity index (χ1n) is 8.66. The molecule has 0 radical (unpaired) electrons. The minimum atomic E-state index is -4.38. The second kappa shape index (κ2) is 9.86. The number of alkyl halides is 3. The van der Waals surface area contributed by atoms with Crippen LogP contribution in [0.4, 0.5) is 13.2 Å². The van der Waals surface area contributed by atoms with E-state index in [0.717, 1.165) is 12.1 Å². The van der Waals surface area contributed by atoms with Gasteiger partial charge in [0.15, 0.2) is 0 Å². The van der Waals surface area contributed by atoms with E-state index in [1.54, 1.807) is 0 Å². The summed E-state index contributed by atoms with van der Waals surface area (Å²) >= 11 is 0. The van der Waals surface area contributed by atoms with E-state index in [4.69, 9.17) is 4.74 Å². The maximum absolute atomic E-state index is 12.5. The molecule has 0 fully saturated rings. The number of nitrogens with one attached hydrogen (secondary N) is 2. The zero-order valence-electron chi connectivity index (χ0n) is 15.6. The zero-order chi connectivity index (χ0) is 21.5. The van der Waals surface area contributed by atoms with Crippen LogP contribution in [0.5, 0.6) is 0 Å². The van der Waals surface area contributed by atoms with Crippen molar-refractivity contribution in [3.05, 3.63) is 65.2 Å². The lowest BCUT2D eigenvalue weighted by Gasteiger charge is -2.09. The van der Waals surface area contributed by atoms with E-state index >= 15 is 0 Å². The highest BCUT2D eigenvalue weighted by atomic mass is 32.2. The van der Waals surface area contributed by atoms with Crippen LogP contribution < -0.4 is 10.0 Å². The van der Waals surface area contributed by atoms with Crippen molar-refractivity contribution >= 4 is 15.9 Å². The molecule has 0 heterocycles. The fraction of sp³-hybridized carbons (Fsp3) is 0.316. The molecule has 2 rings (SSSR count). The first-order chi connectivity index (χ1) is 13.6. The molecule has 0 saturated heterocycles. The summed E-state index contributed by atoms with van der Waals surface area (Å²) in [6.07, 6.45) is -4.02. The molecule has 0 spiro atoms. The van der Waals surface area contributed by atoms with Crippen LogP contribution in [0.15, 0.2) is 53.4 Å². The van der Waals surface area contributed by atoms with E-state index in [0.29, 0.717) is 12.0 Å². The number of sulfonamides is 1. The van der Waals surface area contributed by atoms with Crippen LogP contribution in [-0.4, -0.2) is 41.1 Å². The van der Waals surface area contributed by atoms with Crippen molar-refractivity contribution in [2.45, 2.75) is 17.5 Å². The summed E-state index contributed by atoms with van der Waals surface area (Å²) < 4.78 is 68.9. The molecule has 0 aliphatic heterocycles. The van der Waals surface area contributed by atoms with E-state index in [-0.39, 0.29) is 30.2 Å². The van der Waals surface area contributed by atoms with E-state index in [1.165, 1.54) is 43.5 Å². The number of benzene rings is 2. The molecule has 0 saturated carbocycles. The van der Waals surface area contributed by atoms with Gasteiger partial charge in [-0.15, -0.1) is 0 Å². The highest BCUT2D eigenvalue weighted by Gasteiger charge is 2.29. The number of methoxy groups -OCH3 is 1. The Kier molecular flexibility index (Phi) is 7.77. The number of hydrogen-bond donors (Lipinski definition) is 2. The molecule has 2 aromatic rings. The number of rotatable bonds is 9. The van der Waals surface area contributed by atoms with Crippen molar-refractivity contribution in [3.63, 3.8) is 0 Å². The monoisotopic (exact) mass is 430 g/mol. The Labute approximate surface area is 167 Å². The molecule has 2 N–H and O–H groups in total. The molecular formula is C19H21F3N2O4S. The number of carbonyl (C=O) groups excluding carboxylic acids is 1. The van der Waals surface area contributed by atoms with Crippen LogP contribution in [0, 0.1) is 0 Å². The lowest BCUT2D eigenvalue weighted by atomic mass is 10.1. The molecule has 0 aliphatic rings. The number of carbonyl (C=O) groups is 1. The van der Waals surface area contributed by atoms with Gasteiger partial charge >= 0.3 is 6.18 Å². The molecule has 29 heavy (non-hydrogen) atoms. The lowest BCUT2D eigenvalue weighted by Crippen LogP contribution is -2.28. The minimum absolute atomic E-state index is 0.0231. The second-order valence-corrected chi connectivity index (χ2v) is 7.88. The van der Waals surface area contributed by atoms with Crippen LogP contribution in [0.1, 0.15) is 21.5 Å². The van der Waals surface area contributed by atoms with Gasteiger partial charge in [-0.05, 0) is 48.4 Å². The second-order valence-electron chi connectivity index (χ2n) is 6.12. The Morgan fingerprint density at radius 3 is 2.17 bits per heavy atom. The van der Waals surface area contributed by atoms with Crippen molar-refractivity contribution in [2.24, 2.45) is 0 Å². The van der Waals surface area contributed by atoms with Gasteiger partial charge in [-0.1, -0.05) is 12.1 Å². The average molecular weight is 430 g/mol. The third kappa shape index (κ3) is 6.84. The van der Waals surface area contributed by atoms with Gasteiger partial charge in [0.2, 0.25) is 10.0 Å². The fourth-order valence-corrected chi connectivity index (χ4v) is 3.44. The van der Waals surface area contributed by atoms with Gasteiger partial charge in [0, 0.05) is 25.8 Å². The van der Waals surface area contributed by atoms with Crippen molar-refractivity contribution in [1.82, 2.24) is 10.0 Å². The number of ether oxygens (including phenoxy) is 1. The summed E-state index contributed by atoms with van der Waals surface area (Å²) in [7, 11) is -2.23. The minimum Gasteiger partial charge on any atom is -0.383 e. The Bertz CT molecular complexity index is 912. The Morgan fingerprint density at radius 2 is 1.62 bits per heavy atom. The zero-order valence-corrected chi connectivity index (χ0v) is 16.4. The van der Waals surface area contributed by atoms with Crippen molar-refractivity contribution < 1.29 is 31.1 Å². The topological polar surface area (TPSA) is 84.5 Å². The Hall–Kier alpha value is -2.43. The third-order valence-electron chi connectivity index (χ3n) is 4.01. The fourth-order valence-electron chi connectivity index (χ4n) is 2.43. The molecule has 10 heteroatoms. The number of halogens is 3. The summed E-state index contributed by atoms with van der Waals surface area (Å²) in [4.78, 5) is 12.2. The van der Waals surface area contributed by atoms with Gasteiger partial charge in [-0.25, -0.2) is 13.1 Å². The van der Waals surface area contributed by atoms with Gasteiger partial charge < -0.3 is 10.1 Å². The summed E-state index contributed by atoms with van der Waals surface area (Å²) in [5.41, 5.74) is 0.201. The van der Waals surface area contributed by atoms with Crippen molar-refractivity contribution in [3.8, 4) is 0 Å². The summed E-state index contributed by atoms with van der Waals surface area (Å²) in [6.45, 7) is 0.590. The van der Waals surface area contributed by atoms with Crippen molar-refractivity contribution in [1.29, 1.82) is 0 Å². The molecule has 1 amide bonds. The number of amides is 1. The highest BCUT2D eigenvalue weighted by Crippen LogP contribution is 2.29. The van der Waals surface area contributed by atoms with Crippen LogP contribution in [0.3, 0.4) is 0 Å². The summed E-state index contributed by atoms with van der Waals surface area (Å²) in [5.74, 6) is -0.409. The van der Waals surface area contributed by atoms with E-state index in [2.05, 4.69) is 10.0 Å². The van der Waals surface area contributed by atoms with Crippen LogP contribution in [0.2, 0.25) is 0 Å². The quantitative estimate of drug-likeness (QED) is 0.599. The third-order valence-corrected chi connectivity index (χ3v) is 5.48. The molecule has 0 aromatic heterocycles. The maximum atomic E-state index is 12.5. The SMILES string of the molecule is COCCNS(=O)(=O)c1ccc(C(=O)NCCc2ccc(C(F)(F)F)cc2)cc1. The smallest absolute Gasteiger partial charge is 0.383 e. The normalized spacial score (nSPS) is 12.0. The highest BCUT2D eigenvalue weighted by molar-refractivity contribution is 7.89. The molecule has 0 unspecified atom stereocenters. The molecule has 0 aliphatic carbocycles. The number of hydrogen-bond acceptors (Lipinski definition) is 4. The van der Waals surface area contributed by atoms with Gasteiger partial charge in [-0.2, -0.15) is 13.2 Å². The standard InChI is InChI=1S/C19H21F3N2O4S/c1-28-13-12-24-29(26,27)17-8-4-15(5-9-17)18(25)23-11-10-14-2-6-16(7-3-14)19(20,21)22/h2-9,24H,10-13H2,1H3,(H,23,25). The van der Waals surface area contributed by atoms with Crippen LogP contribution in [-0.2, 0) is 27.4 Å². The lowest BCUT2D eigenvalue weighted by molar-refractivity contribution is -0.137. The maximum Gasteiger partial charge on any atom is 0.416 e. The molecule has 0 atom stereocenters. The Balaban J connectivity index is 1.88. The van der Waals surface area contributed by atoms with E-state index < -0.39 is 27.7 Å². The first kappa shape index (κ1) is 22.9. The molecule has 2 aromatic carbocycles. The molecule has 6 nitrogen and oxygen atoms in total. The summed E-state index contributed by atoms with van der Waals surface area (Å²) in [6, 6.07) is 10.1. The van der Waals surface area contributed by atoms with Gasteiger partial charge in [-0.3, -0.25) is 4.79 Å². The van der Waals surface area contributed by atoms with Crippen LogP contribution >= 0.6 is 0 Å². The summed E-state index contributed by atoms with van der Waals surface area (Å²) in [5, 5.41) is 2.65. The largest absolute Gasteiger partial charge is 0.416 e. The first-order valence-corrected chi connectivity index (χ1v) is 10.1. The van der Waals surface area contributed by atoms with Crippen molar-refractivity contribution in [2.75, 3.05) is 26.8 Å².